The van der Waals surface area contributed by atoms with Crippen molar-refractivity contribution in [3.05, 3.63) is 59.4 Å². The van der Waals surface area contributed by atoms with Gasteiger partial charge in [0.1, 0.15) is 11.6 Å². The zero-order valence-electron chi connectivity index (χ0n) is 16.3. The molecule has 1 aliphatic heterocycles. The van der Waals surface area contributed by atoms with Crippen LogP contribution >= 0.6 is 0 Å². The van der Waals surface area contributed by atoms with Crippen molar-refractivity contribution in [2.75, 3.05) is 13.7 Å². The molecule has 2 amide bonds. The Morgan fingerprint density at radius 3 is 2.38 bits per heavy atom. The second kappa shape index (κ2) is 8.05. The summed E-state index contributed by atoms with van der Waals surface area (Å²) in [5.74, 6) is 0.803. The number of carbonyl (C=O) groups excluding carboxylic acids is 2. The van der Waals surface area contributed by atoms with E-state index in [1.165, 1.54) is 4.90 Å². The van der Waals surface area contributed by atoms with E-state index in [1.54, 1.807) is 31.4 Å². The number of hydrogen-bond acceptors (Lipinski definition) is 5. The number of hydrogen-bond donors (Lipinski definition) is 1. The number of rotatable bonds is 8. The fraction of sp³-hybridized carbons (Fsp3) is 0.318. The molecule has 2 heterocycles. The van der Waals surface area contributed by atoms with Gasteiger partial charge in [0.05, 0.1) is 35.8 Å². The van der Waals surface area contributed by atoms with Gasteiger partial charge in [0.2, 0.25) is 0 Å². The van der Waals surface area contributed by atoms with E-state index >= 15 is 0 Å². The molecule has 4 rings (SSSR count). The van der Waals surface area contributed by atoms with Gasteiger partial charge in [0.25, 0.3) is 11.8 Å². The summed E-state index contributed by atoms with van der Waals surface area (Å²) in [5, 5.41) is 9.03. The van der Waals surface area contributed by atoms with Gasteiger partial charge in [-0.1, -0.05) is 12.1 Å². The van der Waals surface area contributed by atoms with Crippen LogP contribution in [0.3, 0.4) is 0 Å². The number of imide groups is 1. The molecule has 2 aromatic carbocycles. The molecule has 3 aromatic rings. The lowest BCUT2D eigenvalue weighted by molar-refractivity contribution is 0.0636. The second-order valence-corrected chi connectivity index (χ2v) is 7.06. The van der Waals surface area contributed by atoms with Gasteiger partial charge < -0.3 is 14.4 Å². The van der Waals surface area contributed by atoms with Crippen molar-refractivity contribution in [1.29, 1.82) is 0 Å². The molecular weight excluding hydrogens is 370 g/mol. The van der Waals surface area contributed by atoms with Crippen molar-refractivity contribution in [3.8, 4) is 5.75 Å². The van der Waals surface area contributed by atoms with Crippen molar-refractivity contribution in [3.63, 3.8) is 0 Å². The third-order valence-electron chi connectivity index (χ3n) is 5.25. The highest BCUT2D eigenvalue weighted by atomic mass is 16.5. The number of unbranched alkanes of at least 4 members (excludes halogenated alkanes) is 2. The maximum absolute atomic E-state index is 12.8. The van der Waals surface area contributed by atoms with E-state index in [0.717, 1.165) is 36.0 Å². The van der Waals surface area contributed by atoms with E-state index in [4.69, 9.17) is 14.8 Å². The number of benzene rings is 2. The smallest absolute Gasteiger partial charge is 0.261 e. The summed E-state index contributed by atoms with van der Waals surface area (Å²) in [5.41, 5.74) is 2.56. The normalized spacial score (nSPS) is 13.4. The summed E-state index contributed by atoms with van der Waals surface area (Å²) >= 11 is 0. The van der Waals surface area contributed by atoms with E-state index in [1.807, 2.05) is 22.8 Å². The molecule has 0 fully saturated rings. The van der Waals surface area contributed by atoms with E-state index in [-0.39, 0.29) is 25.0 Å². The Bertz CT molecular complexity index is 1040. The van der Waals surface area contributed by atoms with Crippen LogP contribution in [-0.2, 0) is 13.1 Å². The van der Waals surface area contributed by atoms with Crippen LogP contribution in [0.5, 0.6) is 5.75 Å². The number of ether oxygens (including phenoxy) is 1. The topological polar surface area (TPSA) is 84.7 Å². The fourth-order valence-electron chi connectivity index (χ4n) is 3.73. The number of nitrogens with zero attached hydrogens (tertiary/aromatic N) is 3. The SMILES string of the molecule is COc1ccc2nc(CN3C(=O)c4ccccc4C3=O)n(CCCCCO)c2c1. The molecule has 7 nitrogen and oxygen atoms in total. The molecule has 0 radical (unpaired) electrons. The van der Waals surface area contributed by atoms with Crippen LogP contribution in [0.2, 0.25) is 0 Å². The minimum atomic E-state index is -0.290. The molecular formula is C22H23N3O4. The van der Waals surface area contributed by atoms with Crippen LogP contribution in [-0.4, -0.2) is 45.1 Å². The van der Waals surface area contributed by atoms with Gasteiger partial charge in [-0.15, -0.1) is 0 Å². The van der Waals surface area contributed by atoms with Crippen molar-refractivity contribution in [2.45, 2.75) is 32.4 Å². The summed E-state index contributed by atoms with van der Waals surface area (Å²) < 4.78 is 7.39. The van der Waals surface area contributed by atoms with E-state index < -0.39 is 0 Å². The van der Waals surface area contributed by atoms with Crippen LogP contribution in [0.25, 0.3) is 11.0 Å². The first kappa shape index (κ1) is 19.1. The fourth-order valence-corrected chi connectivity index (χ4v) is 3.73. The molecule has 1 aliphatic rings. The number of aliphatic hydroxyl groups is 1. The number of carbonyl (C=O) groups is 2. The van der Waals surface area contributed by atoms with Gasteiger partial charge in [-0.3, -0.25) is 14.5 Å². The zero-order valence-corrected chi connectivity index (χ0v) is 16.3. The summed E-state index contributed by atoms with van der Waals surface area (Å²) in [7, 11) is 1.61. The number of fused-ring (bicyclic) bond motifs is 2. The van der Waals surface area contributed by atoms with Gasteiger partial charge in [-0.05, 0) is 43.5 Å². The van der Waals surface area contributed by atoms with Gasteiger partial charge in [0.15, 0.2) is 0 Å². The zero-order chi connectivity index (χ0) is 20.4. The maximum atomic E-state index is 12.8. The third-order valence-corrected chi connectivity index (χ3v) is 5.25. The summed E-state index contributed by atoms with van der Waals surface area (Å²) in [6, 6.07) is 12.5. The molecule has 29 heavy (non-hydrogen) atoms. The molecule has 150 valence electrons. The van der Waals surface area contributed by atoms with Crippen molar-refractivity contribution >= 4 is 22.8 Å². The molecule has 0 bridgehead atoms. The maximum Gasteiger partial charge on any atom is 0.261 e. The number of amides is 2. The van der Waals surface area contributed by atoms with Crippen molar-refractivity contribution < 1.29 is 19.4 Å². The largest absolute Gasteiger partial charge is 0.497 e. The highest BCUT2D eigenvalue weighted by Gasteiger charge is 2.36. The van der Waals surface area contributed by atoms with Crippen molar-refractivity contribution in [2.24, 2.45) is 0 Å². The quantitative estimate of drug-likeness (QED) is 0.470. The van der Waals surface area contributed by atoms with E-state index in [2.05, 4.69) is 0 Å². The Morgan fingerprint density at radius 1 is 1.00 bits per heavy atom. The highest BCUT2D eigenvalue weighted by Crippen LogP contribution is 2.27. The van der Waals surface area contributed by atoms with Crippen LogP contribution in [0.1, 0.15) is 45.8 Å². The highest BCUT2D eigenvalue weighted by molar-refractivity contribution is 6.21. The van der Waals surface area contributed by atoms with Gasteiger partial charge in [-0.2, -0.15) is 0 Å². The Labute approximate surface area is 168 Å². The predicted octanol–water partition coefficient (Wildman–Crippen LogP) is 3.00. The molecule has 1 aromatic heterocycles. The minimum Gasteiger partial charge on any atom is -0.497 e. The average Bonchev–Trinajstić information content (AvgIpc) is 3.21. The number of imidazole rings is 1. The number of aromatic nitrogens is 2. The molecule has 0 spiro atoms. The summed E-state index contributed by atoms with van der Waals surface area (Å²) in [6.07, 6.45) is 2.48. The number of methoxy groups -OCH3 is 1. The number of aliphatic hydroxyl groups excluding tert-OH is 1. The molecule has 0 unspecified atom stereocenters. The van der Waals surface area contributed by atoms with Crippen LogP contribution < -0.4 is 4.74 Å². The van der Waals surface area contributed by atoms with E-state index in [9.17, 15) is 9.59 Å². The lowest BCUT2D eigenvalue weighted by Crippen LogP contribution is -2.30. The summed E-state index contributed by atoms with van der Waals surface area (Å²) in [4.78, 5) is 31.5. The molecule has 0 aliphatic carbocycles. The molecule has 0 saturated heterocycles. The lowest BCUT2D eigenvalue weighted by atomic mass is 10.1. The monoisotopic (exact) mass is 393 g/mol. The molecule has 1 N–H and O–H groups in total. The number of aryl methyl sites for hydroxylation is 1. The Hall–Kier alpha value is -3.19. The van der Waals surface area contributed by atoms with Gasteiger partial charge in [0, 0.05) is 19.2 Å². The molecule has 7 heteroatoms. The van der Waals surface area contributed by atoms with Crippen molar-refractivity contribution in [1.82, 2.24) is 14.5 Å². The molecule has 0 atom stereocenters. The Balaban J connectivity index is 1.67. The standard InChI is InChI=1S/C22H23N3O4/c1-29-15-9-10-18-19(13-15)24(11-5-2-6-12-26)20(23-18)14-25-21(27)16-7-3-4-8-17(16)22(25)28/h3-4,7-10,13,26H,2,5-6,11-12,14H2,1H3. The van der Waals surface area contributed by atoms with Gasteiger partial charge >= 0.3 is 0 Å². The van der Waals surface area contributed by atoms with Crippen LogP contribution in [0.4, 0.5) is 0 Å². The first-order valence-electron chi connectivity index (χ1n) is 9.73. The minimum absolute atomic E-state index is 0.114. The first-order chi connectivity index (χ1) is 14.1. The Morgan fingerprint density at radius 2 is 1.72 bits per heavy atom. The van der Waals surface area contributed by atoms with Crippen LogP contribution in [0, 0.1) is 0 Å². The van der Waals surface area contributed by atoms with Gasteiger partial charge in [-0.25, -0.2) is 4.98 Å². The molecule has 0 saturated carbocycles. The summed E-state index contributed by atoms with van der Waals surface area (Å²) in [6.45, 7) is 0.964. The Kier molecular flexibility index (Phi) is 5.31. The predicted molar refractivity (Wildman–Crippen MR) is 108 cm³/mol. The third kappa shape index (κ3) is 3.49. The lowest BCUT2D eigenvalue weighted by Gasteiger charge is -2.15. The van der Waals surface area contributed by atoms with Crippen LogP contribution in [0.15, 0.2) is 42.5 Å². The average molecular weight is 393 g/mol. The first-order valence-corrected chi connectivity index (χ1v) is 9.73. The second-order valence-electron chi connectivity index (χ2n) is 7.06. The van der Waals surface area contributed by atoms with E-state index in [0.29, 0.717) is 23.5 Å².